The zero-order valence-corrected chi connectivity index (χ0v) is 21.0. The number of nitrogens with zero attached hydrogens (tertiary/aromatic N) is 2. The van der Waals surface area contributed by atoms with Crippen LogP contribution in [0.5, 0.6) is 0 Å². The predicted octanol–water partition coefficient (Wildman–Crippen LogP) is 5.00. The summed E-state index contributed by atoms with van der Waals surface area (Å²) in [5.41, 5.74) is 3.07. The van der Waals surface area contributed by atoms with Crippen LogP contribution in [0.2, 0.25) is 0 Å². The molecule has 36 heavy (non-hydrogen) atoms. The van der Waals surface area contributed by atoms with Gasteiger partial charge in [-0.15, -0.1) is 0 Å². The van der Waals surface area contributed by atoms with Crippen molar-refractivity contribution in [3.05, 3.63) is 111 Å². The standard InChI is InChI=1S/C29H33N3O4/c1-4-22(3)30-29(34)27(18-23-12-6-5-7-13-23)31(20-24-14-10-11-21(2)17-24)28(33)19-25-15-8-9-16-26(25)32(35)36/h5-17,22,27H,4,18-20H2,1-3H3,(H,30,34)/t22-,27-/m1/s1. The summed E-state index contributed by atoms with van der Waals surface area (Å²) >= 11 is 0. The summed E-state index contributed by atoms with van der Waals surface area (Å²) in [5.74, 6) is -0.581. The summed E-state index contributed by atoms with van der Waals surface area (Å²) in [5, 5.41) is 14.6. The van der Waals surface area contributed by atoms with Crippen molar-refractivity contribution in [2.45, 2.75) is 58.7 Å². The molecule has 0 radical (unpaired) electrons. The van der Waals surface area contributed by atoms with Gasteiger partial charge in [-0.2, -0.15) is 0 Å². The number of hydrogen-bond donors (Lipinski definition) is 1. The number of rotatable bonds is 11. The molecule has 0 bridgehead atoms. The van der Waals surface area contributed by atoms with Crippen LogP contribution in [-0.4, -0.2) is 33.7 Å². The number of hydrogen-bond acceptors (Lipinski definition) is 4. The molecule has 0 spiro atoms. The quantitative estimate of drug-likeness (QED) is 0.304. The molecule has 188 valence electrons. The van der Waals surface area contributed by atoms with Crippen LogP contribution in [0.25, 0.3) is 0 Å². The van der Waals surface area contributed by atoms with E-state index in [0.29, 0.717) is 12.0 Å². The van der Waals surface area contributed by atoms with E-state index in [9.17, 15) is 19.7 Å². The number of para-hydroxylation sites is 1. The first-order valence-electron chi connectivity index (χ1n) is 12.2. The molecule has 0 aromatic heterocycles. The van der Waals surface area contributed by atoms with E-state index in [2.05, 4.69) is 5.32 Å². The van der Waals surface area contributed by atoms with Gasteiger partial charge in [-0.25, -0.2) is 0 Å². The Hall–Kier alpha value is -4.00. The highest BCUT2D eigenvalue weighted by atomic mass is 16.6. The summed E-state index contributed by atoms with van der Waals surface area (Å²) in [7, 11) is 0. The van der Waals surface area contributed by atoms with Gasteiger partial charge in [-0.3, -0.25) is 19.7 Å². The van der Waals surface area contributed by atoms with Gasteiger partial charge in [0, 0.05) is 30.6 Å². The number of nitrogens with one attached hydrogen (secondary N) is 1. The van der Waals surface area contributed by atoms with E-state index in [1.165, 1.54) is 6.07 Å². The topological polar surface area (TPSA) is 92.6 Å². The van der Waals surface area contributed by atoms with Crippen molar-refractivity contribution in [3.8, 4) is 0 Å². The van der Waals surface area contributed by atoms with Crippen molar-refractivity contribution in [3.63, 3.8) is 0 Å². The molecule has 7 heteroatoms. The molecule has 0 saturated carbocycles. The molecule has 7 nitrogen and oxygen atoms in total. The number of aryl methyl sites for hydroxylation is 1. The van der Waals surface area contributed by atoms with Crippen LogP contribution in [0, 0.1) is 17.0 Å². The third-order valence-electron chi connectivity index (χ3n) is 6.24. The predicted molar refractivity (Wildman–Crippen MR) is 140 cm³/mol. The summed E-state index contributed by atoms with van der Waals surface area (Å²) < 4.78 is 0. The summed E-state index contributed by atoms with van der Waals surface area (Å²) in [6.07, 6.45) is 0.911. The Balaban J connectivity index is 2.02. The Morgan fingerprint density at radius 1 is 0.972 bits per heavy atom. The number of nitro benzene ring substituents is 1. The maximum Gasteiger partial charge on any atom is 0.273 e. The maximum absolute atomic E-state index is 13.8. The van der Waals surface area contributed by atoms with Gasteiger partial charge in [0.05, 0.1) is 11.3 Å². The fourth-order valence-corrected chi connectivity index (χ4v) is 4.11. The molecule has 0 aliphatic carbocycles. The number of nitro groups is 1. The Morgan fingerprint density at radius 3 is 2.31 bits per heavy atom. The molecule has 0 heterocycles. The van der Waals surface area contributed by atoms with Gasteiger partial charge in [-0.1, -0.05) is 85.3 Å². The number of benzene rings is 3. The Labute approximate surface area is 212 Å². The highest BCUT2D eigenvalue weighted by molar-refractivity contribution is 5.89. The Morgan fingerprint density at radius 2 is 1.64 bits per heavy atom. The minimum absolute atomic E-state index is 0.0538. The van der Waals surface area contributed by atoms with Crippen molar-refractivity contribution < 1.29 is 14.5 Å². The largest absolute Gasteiger partial charge is 0.352 e. The molecule has 0 aliphatic heterocycles. The molecule has 3 aromatic carbocycles. The van der Waals surface area contributed by atoms with E-state index in [1.807, 2.05) is 75.4 Å². The summed E-state index contributed by atoms with van der Waals surface area (Å²) in [6, 6.07) is 22.8. The first-order valence-corrected chi connectivity index (χ1v) is 12.2. The van der Waals surface area contributed by atoms with Crippen LogP contribution in [0.3, 0.4) is 0 Å². The lowest BCUT2D eigenvalue weighted by molar-refractivity contribution is -0.385. The van der Waals surface area contributed by atoms with E-state index >= 15 is 0 Å². The van der Waals surface area contributed by atoms with Crippen molar-refractivity contribution in [2.75, 3.05) is 0 Å². The maximum atomic E-state index is 13.8. The number of carbonyl (C=O) groups excluding carboxylic acids is 2. The first kappa shape index (κ1) is 26.6. The summed E-state index contributed by atoms with van der Waals surface area (Å²) in [4.78, 5) is 40.0. The average Bonchev–Trinajstić information content (AvgIpc) is 2.86. The van der Waals surface area contributed by atoms with Crippen LogP contribution in [0.15, 0.2) is 78.9 Å². The molecule has 0 saturated heterocycles. The lowest BCUT2D eigenvalue weighted by Gasteiger charge is -2.32. The Kier molecular flexibility index (Phi) is 9.33. The van der Waals surface area contributed by atoms with Gasteiger partial charge in [0.2, 0.25) is 11.8 Å². The van der Waals surface area contributed by atoms with E-state index in [1.54, 1.807) is 23.1 Å². The minimum Gasteiger partial charge on any atom is -0.352 e. The zero-order chi connectivity index (χ0) is 26.1. The van der Waals surface area contributed by atoms with Gasteiger partial charge >= 0.3 is 0 Å². The number of amides is 2. The SMILES string of the molecule is CC[C@@H](C)NC(=O)[C@@H](Cc1ccccc1)N(Cc1cccc(C)c1)C(=O)Cc1ccccc1[N+](=O)[O-]. The highest BCUT2D eigenvalue weighted by Gasteiger charge is 2.32. The smallest absolute Gasteiger partial charge is 0.273 e. The molecule has 1 N–H and O–H groups in total. The Bertz CT molecular complexity index is 1200. The second kappa shape index (κ2) is 12.6. The van der Waals surface area contributed by atoms with Crippen molar-refractivity contribution in [1.82, 2.24) is 10.2 Å². The number of carbonyl (C=O) groups is 2. The van der Waals surface area contributed by atoms with E-state index in [0.717, 1.165) is 23.1 Å². The zero-order valence-electron chi connectivity index (χ0n) is 21.0. The minimum atomic E-state index is -0.780. The third kappa shape index (κ3) is 7.25. The van der Waals surface area contributed by atoms with Gasteiger partial charge in [0.25, 0.3) is 5.69 Å². The highest BCUT2D eigenvalue weighted by Crippen LogP contribution is 2.22. The van der Waals surface area contributed by atoms with Crippen molar-refractivity contribution in [2.24, 2.45) is 0 Å². The van der Waals surface area contributed by atoms with E-state index in [4.69, 9.17) is 0 Å². The van der Waals surface area contributed by atoms with Gasteiger partial charge < -0.3 is 10.2 Å². The lowest BCUT2D eigenvalue weighted by Crippen LogP contribution is -2.52. The van der Waals surface area contributed by atoms with E-state index in [-0.39, 0.29) is 36.5 Å². The molecule has 3 rings (SSSR count). The molecular formula is C29H33N3O4. The second-order valence-corrected chi connectivity index (χ2v) is 9.10. The second-order valence-electron chi connectivity index (χ2n) is 9.10. The third-order valence-corrected chi connectivity index (χ3v) is 6.24. The summed E-state index contributed by atoms with van der Waals surface area (Å²) in [6.45, 7) is 6.10. The van der Waals surface area contributed by atoms with Crippen LogP contribution < -0.4 is 5.32 Å². The van der Waals surface area contributed by atoms with Gasteiger partial charge in [0.15, 0.2) is 0 Å². The molecule has 0 fully saturated rings. The van der Waals surface area contributed by atoms with Crippen LogP contribution in [0.4, 0.5) is 5.69 Å². The van der Waals surface area contributed by atoms with Crippen molar-refractivity contribution in [1.29, 1.82) is 0 Å². The fourth-order valence-electron chi connectivity index (χ4n) is 4.11. The first-order chi connectivity index (χ1) is 17.3. The lowest BCUT2D eigenvalue weighted by atomic mass is 10.0. The molecule has 0 aliphatic rings. The molecule has 3 aromatic rings. The van der Waals surface area contributed by atoms with Gasteiger partial charge in [-0.05, 0) is 31.4 Å². The molecule has 2 amide bonds. The average molecular weight is 488 g/mol. The molecule has 2 atom stereocenters. The van der Waals surface area contributed by atoms with Crippen LogP contribution >= 0.6 is 0 Å². The molecular weight excluding hydrogens is 454 g/mol. The van der Waals surface area contributed by atoms with Gasteiger partial charge in [0.1, 0.15) is 6.04 Å². The fraction of sp³-hybridized carbons (Fsp3) is 0.310. The van der Waals surface area contributed by atoms with E-state index < -0.39 is 11.0 Å². The van der Waals surface area contributed by atoms with Crippen molar-refractivity contribution >= 4 is 17.5 Å². The monoisotopic (exact) mass is 487 g/mol. The molecule has 0 unspecified atom stereocenters. The van der Waals surface area contributed by atoms with Crippen LogP contribution in [-0.2, 0) is 29.0 Å². The van der Waals surface area contributed by atoms with Crippen LogP contribution in [0.1, 0.15) is 42.5 Å². The normalized spacial score (nSPS) is 12.4.